The van der Waals surface area contributed by atoms with E-state index in [4.69, 9.17) is 10.5 Å². The first-order valence-corrected chi connectivity index (χ1v) is 6.08. The highest BCUT2D eigenvalue weighted by Gasteiger charge is 2.43. The van der Waals surface area contributed by atoms with Crippen molar-refractivity contribution in [3.8, 4) is 0 Å². The highest BCUT2D eigenvalue weighted by atomic mass is 16.6. The highest BCUT2D eigenvalue weighted by Crippen LogP contribution is 2.32. The van der Waals surface area contributed by atoms with E-state index in [2.05, 4.69) is 15.0 Å². The Kier molecular flexibility index (Phi) is 2.85. The first kappa shape index (κ1) is 12.3. The summed E-state index contributed by atoms with van der Waals surface area (Å²) < 4.78 is 7.22. The summed E-state index contributed by atoms with van der Waals surface area (Å²) in [7, 11) is 0. The molecule has 102 valence electrons. The number of nitrogen functional groups attached to an aromatic ring is 1. The number of imidazole rings is 1. The fourth-order valence-corrected chi connectivity index (χ4v) is 2.35. The summed E-state index contributed by atoms with van der Waals surface area (Å²) in [5, 5.41) is 19.9. The van der Waals surface area contributed by atoms with E-state index >= 15 is 0 Å². The zero-order valence-electron chi connectivity index (χ0n) is 10.3. The van der Waals surface area contributed by atoms with E-state index in [1.807, 2.05) is 6.92 Å². The normalized spacial score (nSPS) is 31.1. The number of rotatable bonds is 2. The fourth-order valence-electron chi connectivity index (χ4n) is 2.35. The number of nitrogens with two attached hydrogens (primary N) is 1. The van der Waals surface area contributed by atoms with E-state index in [-0.39, 0.29) is 5.82 Å². The van der Waals surface area contributed by atoms with Gasteiger partial charge in [-0.05, 0) is 6.42 Å². The maximum absolute atomic E-state index is 10.1. The summed E-state index contributed by atoms with van der Waals surface area (Å²) in [6, 6.07) is 0. The van der Waals surface area contributed by atoms with Crippen molar-refractivity contribution in [3.05, 3.63) is 12.7 Å². The van der Waals surface area contributed by atoms with Gasteiger partial charge in [-0.15, -0.1) is 0 Å². The van der Waals surface area contributed by atoms with E-state index < -0.39 is 24.5 Å². The van der Waals surface area contributed by atoms with Crippen molar-refractivity contribution in [1.82, 2.24) is 19.5 Å². The van der Waals surface area contributed by atoms with Gasteiger partial charge in [0.05, 0.1) is 12.4 Å². The molecule has 19 heavy (non-hydrogen) atoms. The maximum Gasteiger partial charge on any atom is 0.167 e. The molecule has 0 aromatic carbocycles. The van der Waals surface area contributed by atoms with Gasteiger partial charge in [0, 0.05) is 0 Å². The lowest BCUT2D eigenvalue weighted by atomic mass is 10.1. The summed E-state index contributed by atoms with van der Waals surface area (Å²) in [6.45, 7) is 1.88. The number of aromatic nitrogens is 4. The second kappa shape index (κ2) is 4.41. The molecule has 4 N–H and O–H groups in total. The van der Waals surface area contributed by atoms with Gasteiger partial charge < -0.3 is 20.7 Å². The molecule has 0 bridgehead atoms. The van der Waals surface area contributed by atoms with Crippen LogP contribution >= 0.6 is 0 Å². The molecule has 8 nitrogen and oxygen atoms in total. The largest absolute Gasteiger partial charge is 0.388 e. The molecule has 0 amide bonds. The summed E-state index contributed by atoms with van der Waals surface area (Å²) in [4.78, 5) is 12.1. The molecule has 2 aromatic heterocycles. The Labute approximate surface area is 108 Å². The molecule has 2 aromatic rings. The van der Waals surface area contributed by atoms with Gasteiger partial charge in [0.2, 0.25) is 0 Å². The van der Waals surface area contributed by atoms with Gasteiger partial charge in [0.15, 0.2) is 17.7 Å². The lowest BCUT2D eigenvalue weighted by Crippen LogP contribution is -2.31. The van der Waals surface area contributed by atoms with Crippen LogP contribution in [0.3, 0.4) is 0 Å². The van der Waals surface area contributed by atoms with Crippen molar-refractivity contribution in [2.45, 2.75) is 37.9 Å². The Morgan fingerprint density at radius 2 is 2.11 bits per heavy atom. The monoisotopic (exact) mass is 267 g/mol. The first-order chi connectivity index (χ1) is 9.13. The molecule has 0 saturated carbocycles. The molecule has 1 aliphatic heterocycles. The summed E-state index contributed by atoms with van der Waals surface area (Å²) in [6.07, 6.45) is 0.332. The molecule has 4 atom stereocenters. The lowest BCUT2D eigenvalue weighted by molar-refractivity contribution is -0.0355. The smallest absolute Gasteiger partial charge is 0.167 e. The third kappa shape index (κ3) is 1.76. The summed E-state index contributed by atoms with van der Waals surface area (Å²) in [5.41, 5.74) is 6.63. The zero-order valence-corrected chi connectivity index (χ0v) is 10.3. The van der Waals surface area contributed by atoms with Crippen molar-refractivity contribution in [2.75, 3.05) is 5.73 Å². The first-order valence-electron chi connectivity index (χ1n) is 6.08. The van der Waals surface area contributed by atoms with E-state index in [0.717, 1.165) is 0 Å². The number of ether oxygens (including phenoxy) is 1. The van der Waals surface area contributed by atoms with Crippen LogP contribution in [-0.4, -0.2) is 48.0 Å². The number of anilines is 1. The number of hydrogen-bond acceptors (Lipinski definition) is 7. The van der Waals surface area contributed by atoms with Crippen molar-refractivity contribution in [3.63, 3.8) is 0 Å². The van der Waals surface area contributed by atoms with Crippen LogP contribution in [0.1, 0.15) is 19.6 Å². The number of aliphatic hydroxyl groups is 2. The second-order valence-electron chi connectivity index (χ2n) is 4.54. The van der Waals surface area contributed by atoms with Crippen LogP contribution in [0.15, 0.2) is 12.7 Å². The lowest BCUT2D eigenvalue weighted by Gasteiger charge is -2.16. The zero-order chi connectivity index (χ0) is 13.6. The minimum atomic E-state index is -1.03. The quantitative estimate of drug-likeness (QED) is 0.667. The maximum atomic E-state index is 10.1. The molecule has 3 heterocycles. The summed E-state index contributed by atoms with van der Waals surface area (Å²) in [5.74, 6) is 0.267. The molecule has 3 rings (SSSR count). The van der Waals surface area contributed by atoms with Crippen LogP contribution in [0.25, 0.3) is 11.2 Å². The van der Waals surface area contributed by atoms with E-state index in [0.29, 0.717) is 17.6 Å². The van der Waals surface area contributed by atoms with E-state index in [9.17, 15) is 10.2 Å². The van der Waals surface area contributed by atoms with Gasteiger partial charge in [0.1, 0.15) is 24.1 Å². The Morgan fingerprint density at radius 3 is 2.79 bits per heavy atom. The van der Waals surface area contributed by atoms with Crippen LogP contribution in [-0.2, 0) is 4.74 Å². The number of aliphatic hydroxyl groups excluding tert-OH is 2. The number of hydrogen-bond donors (Lipinski definition) is 3. The van der Waals surface area contributed by atoms with Crippen molar-refractivity contribution in [1.29, 1.82) is 0 Å². The molecule has 1 saturated heterocycles. The topological polar surface area (TPSA) is 119 Å². The Morgan fingerprint density at radius 1 is 1.32 bits per heavy atom. The number of fused-ring (bicyclic) bond motifs is 1. The van der Waals surface area contributed by atoms with Gasteiger partial charge in [0.25, 0.3) is 0 Å². The Balaban J connectivity index is 2.04. The average Bonchev–Trinajstić information content (AvgIpc) is 2.94. The third-order valence-corrected chi connectivity index (χ3v) is 3.40. The predicted molar refractivity (Wildman–Crippen MR) is 66.0 cm³/mol. The van der Waals surface area contributed by atoms with Crippen molar-refractivity contribution in [2.24, 2.45) is 0 Å². The van der Waals surface area contributed by atoms with Crippen molar-refractivity contribution >= 4 is 17.0 Å². The molecule has 0 radical (unpaired) electrons. The molecule has 1 fully saturated rings. The molecular formula is C11H15N5O3. The van der Waals surface area contributed by atoms with E-state index in [1.54, 1.807) is 4.57 Å². The van der Waals surface area contributed by atoms with Crippen LogP contribution in [0.5, 0.6) is 0 Å². The molecular weight excluding hydrogens is 252 g/mol. The number of nitrogens with zero attached hydrogens (tertiary/aromatic N) is 4. The fraction of sp³-hybridized carbons (Fsp3) is 0.545. The minimum absolute atomic E-state index is 0.267. The van der Waals surface area contributed by atoms with E-state index in [1.165, 1.54) is 12.7 Å². The van der Waals surface area contributed by atoms with Crippen LogP contribution in [0.2, 0.25) is 0 Å². The van der Waals surface area contributed by atoms with Gasteiger partial charge in [-0.2, -0.15) is 0 Å². The van der Waals surface area contributed by atoms with Gasteiger partial charge in [-0.1, -0.05) is 6.92 Å². The van der Waals surface area contributed by atoms with Crippen LogP contribution in [0, 0.1) is 0 Å². The van der Waals surface area contributed by atoms with Gasteiger partial charge in [-0.25, -0.2) is 15.0 Å². The minimum Gasteiger partial charge on any atom is -0.388 e. The molecule has 0 spiro atoms. The van der Waals surface area contributed by atoms with Crippen molar-refractivity contribution < 1.29 is 14.9 Å². The Hall–Kier alpha value is -1.77. The molecule has 0 aliphatic carbocycles. The summed E-state index contributed by atoms with van der Waals surface area (Å²) >= 11 is 0. The third-order valence-electron chi connectivity index (χ3n) is 3.40. The van der Waals surface area contributed by atoms with Crippen LogP contribution < -0.4 is 5.73 Å². The molecule has 0 unspecified atom stereocenters. The van der Waals surface area contributed by atoms with Gasteiger partial charge >= 0.3 is 0 Å². The molecule has 8 heteroatoms. The highest BCUT2D eigenvalue weighted by molar-refractivity contribution is 5.81. The predicted octanol–water partition coefficient (Wildman–Crippen LogP) is -0.562. The van der Waals surface area contributed by atoms with Crippen LogP contribution in [0.4, 0.5) is 5.82 Å². The SMILES string of the molecule is [14CH3]C[C@H]1O[C@@H](n2cnc3c(N)ncnc32)[C@H](O)[C@@H]1O. The average molecular weight is 267 g/mol. The Bertz CT molecular complexity index is 601. The van der Waals surface area contributed by atoms with Gasteiger partial charge in [-0.3, -0.25) is 4.57 Å². The standard InChI is InChI=1S/C11H15N5O3/c1-2-5-7(17)8(18)11(19-5)16-4-15-6-9(12)13-3-14-10(6)16/h3-5,7-8,11,17-18H,2H2,1H3,(H2,12,13,14)/t5-,7-,8-,11-/m1/s1/i1+2. The molecule has 1 aliphatic rings. The second-order valence-corrected chi connectivity index (χ2v) is 4.54.